The highest BCUT2D eigenvalue weighted by molar-refractivity contribution is 5.98. The number of para-hydroxylation sites is 1. The molecule has 22 heavy (non-hydrogen) atoms. The fourth-order valence-electron chi connectivity index (χ4n) is 2.55. The Balaban J connectivity index is 2.16. The summed E-state index contributed by atoms with van der Waals surface area (Å²) in [7, 11) is 0. The third-order valence-corrected chi connectivity index (χ3v) is 3.57. The van der Waals surface area contributed by atoms with E-state index in [9.17, 15) is 5.26 Å². The predicted octanol–water partition coefficient (Wildman–Crippen LogP) is 4.23. The quantitative estimate of drug-likeness (QED) is 0.675. The lowest BCUT2D eigenvalue weighted by Crippen LogP contribution is -1.91. The average Bonchev–Trinajstić information content (AvgIpc) is 2.92. The number of allylic oxidation sites excluding steroid dienone is 1. The van der Waals surface area contributed by atoms with E-state index in [-0.39, 0.29) is 0 Å². The molecule has 0 aliphatic carbocycles. The monoisotopic (exact) mass is 283 g/mol. The molecular weight excluding hydrogens is 270 g/mol. The van der Waals surface area contributed by atoms with Gasteiger partial charge in [-0.2, -0.15) is 10.5 Å². The van der Waals surface area contributed by atoms with Gasteiger partial charge in [-0.15, -0.1) is 0 Å². The third-order valence-electron chi connectivity index (χ3n) is 3.57. The van der Waals surface area contributed by atoms with Gasteiger partial charge < -0.3 is 4.57 Å². The van der Waals surface area contributed by atoms with Gasteiger partial charge in [-0.3, -0.25) is 0 Å². The van der Waals surface area contributed by atoms with E-state index in [1.54, 1.807) is 0 Å². The lowest BCUT2D eigenvalue weighted by Gasteiger charge is -1.98. The van der Waals surface area contributed by atoms with E-state index in [4.69, 9.17) is 5.26 Å². The minimum absolute atomic E-state index is 0.293. The lowest BCUT2D eigenvalue weighted by atomic mass is 10.0. The SMILES string of the molecule is N#CCn1cc(/C=C(\C#N)c2ccccc2)c2ccccc21. The number of nitrogens with zero attached hydrogens (tertiary/aromatic N) is 3. The molecule has 0 aliphatic heterocycles. The Labute approximate surface area is 129 Å². The molecular formula is C19H13N3. The molecule has 0 saturated heterocycles. The molecule has 2 aromatic carbocycles. The van der Waals surface area contributed by atoms with Crippen LogP contribution < -0.4 is 0 Å². The summed E-state index contributed by atoms with van der Waals surface area (Å²) < 4.78 is 1.90. The molecule has 0 unspecified atom stereocenters. The normalized spacial score (nSPS) is 11.1. The van der Waals surface area contributed by atoms with Crippen LogP contribution in [-0.2, 0) is 6.54 Å². The van der Waals surface area contributed by atoms with Gasteiger partial charge in [-0.25, -0.2) is 0 Å². The second kappa shape index (κ2) is 5.99. The molecule has 1 heterocycles. The smallest absolute Gasteiger partial charge is 0.110 e. The molecule has 3 aromatic rings. The third kappa shape index (κ3) is 2.49. The number of hydrogen-bond donors (Lipinski definition) is 0. The van der Waals surface area contributed by atoms with Crippen molar-refractivity contribution in [1.29, 1.82) is 10.5 Å². The molecule has 0 radical (unpaired) electrons. The van der Waals surface area contributed by atoms with E-state index in [1.807, 2.05) is 71.4 Å². The van der Waals surface area contributed by atoms with Crippen molar-refractivity contribution in [3.05, 3.63) is 71.9 Å². The molecule has 0 saturated carbocycles. The number of rotatable bonds is 3. The van der Waals surface area contributed by atoms with Crippen molar-refractivity contribution in [3.63, 3.8) is 0 Å². The molecule has 0 fully saturated rings. The number of hydrogen-bond acceptors (Lipinski definition) is 2. The highest BCUT2D eigenvalue weighted by Crippen LogP contribution is 2.25. The first-order valence-corrected chi connectivity index (χ1v) is 6.95. The Bertz CT molecular complexity index is 919. The van der Waals surface area contributed by atoms with Crippen molar-refractivity contribution in [1.82, 2.24) is 4.57 Å². The Morgan fingerprint density at radius 1 is 1.00 bits per heavy atom. The predicted molar refractivity (Wildman–Crippen MR) is 87.5 cm³/mol. The summed E-state index contributed by atoms with van der Waals surface area (Å²) in [6.45, 7) is 0.293. The van der Waals surface area contributed by atoms with Crippen LogP contribution in [0.15, 0.2) is 60.8 Å². The molecule has 0 atom stereocenters. The van der Waals surface area contributed by atoms with Crippen molar-refractivity contribution < 1.29 is 0 Å². The van der Waals surface area contributed by atoms with Gasteiger partial charge >= 0.3 is 0 Å². The summed E-state index contributed by atoms with van der Waals surface area (Å²) in [5.74, 6) is 0. The van der Waals surface area contributed by atoms with Gasteiger partial charge in [0, 0.05) is 22.7 Å². The number of nitriles is 2. The van der Waals surface area contributed by atoms with Crippen LogP contribution in [0, 0.1) is 22.7 Å². The van der Waals surface area contributed by atoms with Crippen LogP contribution in [0.5, 0.6) is 0 Å². The van der Waals surface area contributed by atoms with Crippen LogP contribution in [0.25, 0.3) is 22.6 Å². The second-order valence-corrected chi connectivity index (χ2v) is 4.92. The highest BCUT2D eigenvalue weighted by atomic mass is 15.0. The Kier molecular flexibility index (Phi) is 3.72. The van der Waals surface area contributed by atoms with Gasteiger partial charge in [-0.05, 0) is 17.7 Å². The summed E-state index contributed by atoms with van der Waals surface area (Å²) in [5, 5.41) is 19.4. The molecule has 3 rings (SSSR count). The Morgan fingerprint density at radius 3 is 2.45 bits per heavy atom. The molecule has 0 spiro atoms. The minimum atomic E-state index is 0.293. The van der Waals surface area contributed by atoms with Crippen LogP contribution in [0.3, 0.4) is 0 Å². The molecule has 104 valence electrons. The zero-order valence-electron chi connectivity index (χ0n) is 11.9. The summed E-state index contributed by atoms with van der Waals surface area (Å²) >= 11 is 0. The maximum atomic E-state index is 9.45. The molecule has 3 nitrogen and oxygen atoms in total. The molecule has 0 bridgehead atoms. The van der Waals surface area contributed by atoms with Crippen molar-refractivity contribution in [2.75, 3.05) is 0 Å². The van der Waals surface area contributed by atoms with Gasteiger partial charge in [0.05, 0.1) is 17.7 Å². The average molecular weight is 283 g/mol. The summed E-state index contributed by atoms with van der Waals surface area (Å²) in [6, 6.07) is 21.9. The summed E-state index contributed by atoms with van der Waals surface area (Å²) in [4.78, 5) is 0. The zero-order valence-corrected chi connectivity index (χ0v) is 11.9. The van der Waals surface area contributed by atoms with Crippen LogP contribution in [0.1, 0.15) is 11.1 Å². The summed E-state index contributed by atoms with van der Waals surface area (Å²) in [6.07, 6.45) is 3.81. The maximum absolute atomic E-state index is 9.45. The van der Waals surface area contributed by atoms with Crippen molar-refractivity contribution in [3.8, 4) is 12.1 Å². The number of fused-ring (bicyclic) bond motifs is 1. The molecule has 0 amide bonds. The van der Waals surface area contributed by atoms with Gasteiger partial charge in [0.25, 0.3) is 0 Å². The van der Waals surface area contributed by atoms with Crippen LogP contribution in [0.4, 0.5) is 0 Å². The van der Waals surface area contributed by atoms with E-state index in [2.05, 4.69) is 12.1 Å². The van der Waals surface area contributed by atoms with Gasteiger partial charge in [0.2, 0.25) is 0 Å². The number of benzene rings is 2. The van der Waals surface area contributed by atoms with Gasteiger partial charge in [0.15, 0.2) is 0 Å². The maximum Gasteiger partial charge on any atom is 0.110 e. The second-order valence-electron chi connectivity index (χ2n) is 4.92. The van der Waals surface area contributed by atoms with E-state index >= 15 is 0 Å². The van der Waals surface area contributed by atoms with Crippen molar-refractivity contribution in [2.45, 2.75) is 6.54 Å². The molecule has 1 aromatic heterocycles. The minimum Gasteiger partial charge on any atom is -0.333 e. The van der Waals surface area contributed by atoms with E-state index < -0.39 is 0 Å². The standard InChI is InChI=1S/C19H13N3/c20-10-11-22-14-17(18-8-4-5-9-19(18)22)12-16(13-21)15-6-2-1-3-7-15/h1-9,12,14H,11H2/b16-12+. The fraction of sp³-hybridized carbons (Fsp3) is 0.0526. The largest absolute Gasteiger partial charge is 0.333 e. The van der Waals surface area contributed by atoms with Crippen LogP contribution >= 0.6 is 0 Å². The van der Waals surface area contributed by atoms with Crippen molar-refractivity contribution in [2.24, 2.45) is 0 Å². The number of aromatic nitrogens is 1. The Morgan fingerprint density at radius 2 is 1.73 bits per heavy atom. The fourth-order valence-corrected chi connectivity index (χ4v) is 2.55. The van der Waals surface area contributed by atoms with Gasteiger partial charge in [-0.1, -0.05) is 48.5 Å². The lowest BCUT2D eigenvalue weighted by molar-refractivity contribution is 0.873. The first-order chi connectivity index (χ1) is 10.8. The van der Waals surface area contributed by atoms with Crippen molar-refractivity contribution >= 4 is 22.6 Å². The first kappa shape index (κ1) is 13.7. The zero-order chi connectivity index (χ0) is 15.4. The van der Waals surface area contributed by atoms with Crippen LogP contribution in [0.2, 0.25) is 0 Å². The highest BCUT2D eigenvalue weighted by Gasteiger charge is 2.08. The van der Waals surface area contributed by atoms with E-state index in [0.29, 0.717) is 12.1 Å². The first-order valence-electron chi connectivity index (χ1n) is 6.95. The Hall–Kier alpha value is -3.30. The van der Waals surface area contributed by atoms with E-state index in [1.165, 1.54) is 0 Å². The van der Waals surface area contributed by atoms with Crippen LogP contribution in [-0.4, -0.2) is 4.57 Å². The molecule has 3 heteroatoms. The molecule has 0 aliphatic rings. The topological polar surface area (TPSA) is 52.5 Å². The summed E-state index contributed by atoms with van der Waals surface area (Å²) in [5.41, 5.74) is 3.45. The van der Waals surface area contributed by atoms with E-state index in [0.717, 1.165) is 22.0 Å². The van der Waals surface area contributed by atoms with Gasteiger partial charge in [0.1, 0.15) is 6.54 Å². The molecule has 0 N–H and O–H groups in total.